The first kappa shape index (κ1) is 15.8. The highest BCUT2D eigenvalue weighted by Crippen LogP contribution is 2.28. The largest absolute Gasteiger partial charge is 0.352 e. The summed E-state index contributed by atoms with van der Waals surface area (Å²) in [5.41, 5.74) is 2.35. The van der Waals surface area contributed by atoms with Gasteiger partial charge in [-0.3, -0.25) is 9.78 Å². The molecule has 0 bridgehead atoms. The number of amides is 1. The van der Waals surface area contributed by atoms with Gasteiger partial charge in [0.15, 0.2) is 0 Å². The maximum Gasteiger partial charge on any atom is 0.225 e. The Kier molecular flexibility index (Phi) is 4.44. The van der Waals surface area contributed by atoms with Gasteiger partial charge in [0.25, 0.3) is 0 Å². The van der Waals surface area contributed by atoms with Gasteiger partial charge in [0.2, 0.25) is 5.91 Å². The third-order valence-electron chi connectivity index (χ3n) is 5.00. The standard InChI is InChI=1S/C21H21N3O/c25-21(20-14-23-13-19(20)15-5-2-1-3-6-15)24-12-17-8-4-7-16-11-22-10-9-18(16)17/h1-11,19-20,23H,12-14H2,(H,24,25)/t19?,20-/m1/s1. The van der Waals surface area contributed by atoms with Crippen LogP contribution in [0.25, 0.3) is 10.8 Å². The van der Waals surface area contributed by atoms with Crippen LogP contribution in [0.4, 0.5) is 0 Å². The first-order chi connectivity index (χ1) is 12.3. The Hall–Kier alpha value is -2.72. The topological polar surface area (TPSA) is 54.0 Å². The zero-order valence-electron chi connectivity index (χ0n) is 14.0. The molecule has 2 atom stereocenters. The van der Waals surface area contributed by atoms with Crippen molar-refractivity contribution in [2.75, 3.05) is 13.1 Å². The van der Waals surface area contributed by atoms with Gasteiger partial charge in [0.05, 0.1) is 5.92 Å². The van der Waals surface area contributed by atoms with Crippen LogP contribution in [0.2, 0.25) is 0 Å². The SMILES string of the molecule is O=C(NCc1cccc2cnccc12)[C@@H]1CNCC1c1ccccc1. The molecule has 2 N–H and O–H groups in total. The number of benzene rings is 2. The molecule has 3 aromatic rings. The maximum absolute atomic E-state index is 12.8. The molecule has 1 aromatic heterocycles. The second-order valence-corrected chi connectivity index (χ2v) is 6.51. The lowest BCUT2D eigenvalue weighted by Crippen LogP contribution is -2.34. The first-order valence-corrected chi connectivity index (χ1v) is 8.68. The Bertz CT molecular complexity index is 873. The summed E-state index contributed by atoms with van der Waals surface area (Å²) in [7, 11) is 0. The van der Waals surface area contributed by atoms with Gasteiger partial charge in [-0.2, -0.15) is 0 Å². The highest BCUT2D eigenvalue weighted by molar-refractivity contribution is 5.86. The number of aromatic nitrogens is 1. The molecule has 1 aliphatic heterocycles. The highest BCUT2D eigenvalue weighted by Gasteiger charge is 2.33. The lowest BCUT2D eigenvalue weighted by atomic mass is 9.88. The number of nitrogens with zero attached hydrogens (tertiary/aromatic N) is 1. The van der Waals surface area contributed by atoms with Crippen molar-refractivity contribution in [2.24, 2.45) is 5.92 Å². The summed E-state index contributed by atoms with van der Waals surface area (Å²) in [4.78, 5) is 16.9. The molecular weight excluding hydrogens is 310 g/mol. The molecule has 2 heterocycles. The fourth-order valence-electron chi connectivity index (χ4n) is 3.66. The number of nitrogens with one attached hydrogen (secondary N) is 2. The fraction of sp³-hybridized carbons (Fsp3) is 0.238. The van der Waals surface area contributed by atoms with Crippen LogP contribution in [0.5, 0.6) is 0 Å². The molecule has 4 rings (SSSR count). The van der Waals surface area contributed by atoms with Gasteiger partial charge >= 0.3 is 0 Å². The minimum Gasteiger partial charge on any atom is -0.352 e. The second-order valence-electron chi connectivity index (χ2n) is 6.51. The average molecular weight is 331 g/mol. The van der Waals surface area contributed by atoms with Crippen LogP contribution < -0.4 is 10.6 Å². The molecular formula is C21H21N3O. The molecule has 0 saturated carbocycles. The van der Waals surface area contributed by atoms with Gasteiger partial charge in [-0.05, 0) is 22.6 Å². The van der Waals surface area contributed by atoms with Crippen molar-refractivity contribution in [3.63, 3.8) is 0 Å². The van der Waals surface area contributed by atoms with Crippen LogP contribution in [-0.2, 0) is 11.3 Å². The van der Waals surface area contributed by atoms with Gasteiger partial charge in [0, 0.05) is 43.3 Å². The summed E-state index contributed by atoms with van der Waals surface area (Å²) < 4.78 is 0. The number of carbonyl (C=O) groups excluding carboxylic acids is 1. The van der Waals surface area contributed by atoms with Crippen LogP contribution in [0, 0.1) is 5.92 Å². The van der Waals surface area contributed by atoms with E-state index in [9.17, 15) is 4.79 Å². The lowest BCUT2D eigenvalue weighted by Gasteiger charge is -2.19. The highest BCUT2D eigenvalue weighted by atomic mass is 16.1. The average Bonchev–Trinajstić information content (AvgIpc) is 3.17. The van der Waals surface area contributed by atoms with Crippen molar-refractivity contribution in [1.29, 1.82) is 0 Å². The Morgan fingerprint density at radius 2 is 1.96 bits per heavy atom. The normalized spacial score (nSPS) is 19.8. The number of hydrogen-bond donors (Lipinski definition) is 2. The van der Waals surface area contributed by atoms with Crippen LogP contribution in [0.3, 0.4) is 0 Å². The number of fused-ring (bicyclic) bond motifs is 1. The van der Waals surface area contributed by atoms with Gasteiger partial charge in [-0.1, -0.05) is 48.5 Å². The van der Waals surface area contributed by atoms with Crippen molar-refractivity contribution < 1.29 is 4.79 Å². The minimum atomic E-state index is -0.0287. The molecule has 126 valence electrons. The third-order valence-corrected chi connectivity index (χ3v) is 5.00. The molecule has 1 aliphatic rings. The molecule has 1 amide bonds. The van der Waals surface area contributed by atoms with E-state index in [1.807, 2.05) is 42.6 Å². The van der Waals surface area contributed by atoms with E-state index in [1.54, 1.807) is 6.20 Å². The van der Waals surface area contributed by atoms with E-state index in [0.717, 1.165) is 29.4 Å². The number of carbonyl (C=O) groups is 1. The zero-order valence-corrected chi connectivity index (χ0v) is 14.0. The van der Waals surface area contributed by atoms with E-state index in [4.69, 9.17) is 0 Å². The van der Waals surface area contributed by atoms with E-state index >= 15 is 0 Å². The summed E-state index contributed by atoms with van der Waals surface area (Å²) in [6.45, 7) is 2.12. The van der Waals surface area contributed by atoms with Gasteiger partial charge < -0.3 is 10.6 Å². The van der Waals surface area contributed by atoms with Crippen molar-refractivity contribution in [3.8, 4) is 0 Å². The number of pyridine rings is 1. The molecule has 1 fully saturated rings. The van der Waals surface area contributed by atoms with Crippen molar-refractivity contribution in [1.82, 2.24) is 15.6 Å². The van der Waals surface area contributed by atoms with E-state index in [2.05, 4.69) is 33.8 Å². The summed E-state index contributed by atoms with van der Waals surface area (Å²) >= 11 is 0. The Balaban J connectivity index is 1.48. The van der Waals surface area contributed by atoms with Crippen LogP contribution >= 0.6 is 0 Å². The molecule has 0 spiro atoms. The quantitative estimate of drug-likeness (QED) is 0.773. The van der Waals surface area contributed by atoms with Crippen LogP contribution in [-0.4, -0.2) is 24.0 Å². The van der Waals surface area contributed by atoms with Crippen LogP contribution in [0.1, 0.15) is 17.0 Å². The predicted molar refractivity (Wildman–Crippen MR) is 99.1 cm³/mol. The summed E-state index contributed by atoms with van der Waals surface area (Å²) in [6.07, 6.45) is 3.65. The molecule has 4 nitrogen and oxygen atoms in total. The Morgan fingerprint density at radius 1 is 1.08 bits per heavy atom. The first-order valence-electron chi connectivity index (χ1n) is 8.68. The molecule has 1 unspecified atom stereocenters. The van der Waals surface area contributed by atoms with Crippen molar-refractivity contribution in [3.05, 3.63) is 78.1 Å². The van der Waals surface area contributed by atoms with Gasteiger partial charge in [-0.25, -0.2) is 0 Å². The second kappa shape index (κ2) is 7.03. The van der Waals surface area contributed by atoms with Gasteiger partial charge in [-0.15, -0.1) is 0 Å². The predicted octanol–water partition coefficient (Wildman–Crippen LogP) is 2.85. The maximum atomic E-state index is 12.8. The van der Waals surface area contributed by atoms with Gasteiger partial charge in [0.1, 0.15) is 0 Å². The van der Waals surface area contributed by atoms with Crippen molar-refractivity contribution in [2.45, 2.75) is 12.5 Å². The monoisotopic (exact) mass is 331 g/mol. The number of hydrogen-bond acceptors (Lipinski definition) is 3. The molecule has 0 radical (unpaired) electrons. The molecule has 4 heteroatoms. The van der Waals surface area contributed by atoms with E-state index in [0.29, 0.717) is 6.54 Å². The van der Waals surface area contributed by atoms with Crippen molar-refractivity contribution >= 4 is 16.7 Å². The lowest BCUT2D eigenvalue weighted by molar-refractivity contribution is -0.125. The molecule has 0 aliphatic carbocycles. The summed E-state index contributed by atoms with van der Waals surface area (Å²) in [5, 5.41) is 8.73. The van der Waals surface area contributed by atoms with Crippen LogP contribution in [0.15, 0.2) is 67.0 Å². The molecule has 1 saturated heterocycles. The van der Waals surface area contributed by atoms with E-state index < -0.39 is 0 Å². The van der Waals surface area contributed by atoms with E-state index in [-0.39, 0.29) is 17.7 Å². The Labute approximate surface area is 147 Å². The third kappa shape index (κ3) is 3.26. The molecule has 25 heavy (non-hydrogen) atoms. The molecule has 2 aromatic carbocycles. The summed E-state index contributed by atoms with van der Waals surface area (Å²) in [6, 6.07) is 18.4. The Morgan fingerprint density at radius 3 is 2.84 bits per heavy atom. The zero-order chi connectivity index (χ0) is 17.1. The van der Waals surface area contributed by atoms with E-state index in [1.165, 1.54) is 5.56 Å². The minimum absolute atomic E-state index is 0.0287. The smallest absolute Gasteiger partial charge is 0.225 e. The fourth-order valence-corrected chi connectivity index (χ4v) is 3.66. The summed E-state index contributed by atoms with van der Waals surface area (Å²) in [5.74, 6) is 0.321. The number of rotatable bonds is 4.